The van der Waals surface area contributed by atoms with Crippen molar-refractivity contribution in [1.82, 2.24) is 4.98 Å². The number of fused-ring (bicyclic) bond motifs is 1. The Bertz CT molecular complexity index is 1070. The molecule has 4 nitrogen and oxygen atoms in total. The molecule has 1 fully saturated rings. The number of amides is 1. The number of carbonyl (C=O) groups excluding carboxylic acids is 1. The van der Waals surface area contributed by atoms with E-state index >= 15 is 0 Å². The number of aromatic nitrogens is 1. The van der Waals surface area contributed by atoms with Gasteiger partial charge in [0.1, 0.15) is 0 Å². The first-order valence-corrected chi connectivity index (χ1v) is 9.75. The Labute approximate surface area is 189 Å². The van der Waals surface area contributed by atoms with Gasteiger partial charge in [0.15, 0.2) is 0 Å². The molecular weight excluding hydrogens is 417 g/mol. The smallest absolute Gasteiger partial charge is 0.241 e. The number of hydrogen-bond acceptors (Lipinski definition) is 3. The van der Waals surface area contributed by atoms with Crippen molar-refractivity contribution in [2.45, 2.75) is 32.7 Å². The predicted molar refractivity (Wildman–Crippen MR) is 129 cm³/mol. The van der Waals surface area contributed by atoms with E-state index in [2.05, 4.69) is 37.3 Å². The van der Waals surface area contributed by atoms with Gasteiger partial charge < -0.3 is 11.5 Å². The first-order chi connectivity index (χ1) is 13.5. The lowest BCUT2D eigenvalue weighted by Gasteiger charge is -2.17. The maximum absolute atomic E-state index is 11.1. The number of rotatable bonds is 6. The van der Waals surface area contributed by atoms with Crippen LogP contribution in [-0.2, 0) is 17.8 Å². The van der Waals surface area contributed by atoms with Crippen LogP contribution < -0.4 is 11.5 Å². The molecule has 1 saturated carbocycles. The fraction of sp³-hybridized carbons (Fsp3) is 0.250. The predicted octanol–water partition coefficient (Wildman–Crippen LogP) is 4.96. The lowest BCUT2D eigenvalue weighted by Crippen LogP contribution is -2.08. The number of benzene rings is 2. The van der Waals surface area contributed by atoms with Crippen LogP contribution in [0.5, 0.6) is 0 Å². The third-order valence-electron chi connectivity index (χ3n) is 5.36. The lowest BCUT2D eigenvalue weighted by molar-refractivity contribution is -0.113. The molecule has 1 heterocycles. The number of halogens is 2. The fourth-order valence-electron chi connectivity index (χ4n) is 3.69. The molecule has 0 atom stereocenters. The first kappa shape index (κ1) is 23.9. The van der Waals surface area contributed by atoms with Crippen molar-refractivity contribution >= 4 is 47.7 Å². The highest BCUT2D eigenvalue weighted by molar-refractivity contribution is 5.98. The van der Waals surface area contributed by atoms with Gasteiger partial charge in [-0.1, -0.05) is 35.9 Å². The summed E-state index contributed by atoms with van der Waals surface area (Å²) in [4.78, 5) is 16.1. The number of hydrogen-bond donors (Lipinski definition) is 2. The van der Waals surface area contributed by atoms with E-state index in [-0.39, 0.29) is 24.8 Å². The summed E-state index contributed by atoms with van der Waals surface area (Å²) in [5, 5.41) is 1.05. The summed E-state index contributed by atoms with van der Waals surface area (Å²) < 4.78 is 0. The van der Waals surface area contributed by atoms with Crippen LogP contribution in [0.15, 0.2) is 48.5 Å². The van der Waals surface area contributed by atoms with E-state index in [4.69, 9.17) is 16.5 Å². The third kappa shape index (κ3) is 5.20. The molecule has 158 valence electrons. The largest absolute Gasteiger partial charge is 0.366 e. The van der Waals surface area contributed by atoms with Crippen molar-refractivity contribution in [3.05, 3.63) is 70.9 Å². The van der Waals surface area contributed by atoms with Crippen molar-refractivity contribution in [1.29, 1.82) is 0 Å². The second-order valence-corrected chi connectivity index (χ2v) is 7.64. The highest BCUT2D eigenvalue weighted by atomic mass is 35.5. The number of aryl methyl sites for hydroxylation is 1. The molecular formula is C24H27Cl2N3O. The maximum Gasteiger partial charge on any atom is 0.241 e. The van der Waals surface area contributed by atoms with E-state index < -0.39 is 5.91 Å². The standard InChI is InChI=1S/C24H25N3O.2ClH/c1-15-2-8-18(9-3-15)24-19-12-16(7-11-23(26)28)6-10-21(19)27-22(20(24)14-25)13-17-4-5-17;;/h2-3,6-12,17H,4-5,13-14,25H2,1H3,(H2,26,28);2*1H. The summed E-state index contributed by atoms with van der Waals surface area (Å²) in [5.41, 5.74) is 19.1. The second-order valence-electron chi connectivity index (χ2n) is 7.64. The van der Waals surface area contributed by atoms with Gasteiger partial charge in [-0.3, -0.25) is 9.78 Å². The Balaban J connectivity index is 0.00000160. The number of primary amides is 1. The quantitative estimate of drug-likeness (QED) is 0.527. The van der Waals surface area contributed by atoms with E-state index in [9.17, 15) is 4.79 Å². The van der Waals surface area contributed by atoms with Crippen LogP contribution in [0.25, 0.3) is 28.1 Å². The summed E-state index contributed by atoms with van der Waals surface area (Å²) in [7, 11) is 0. The highest BCUT2D eigenvalue weighted by Crippen LogP contribution is 2.38. The van der Waals surface area contributed by atoms with Crippen LogP contribution in [0.1, 0.15) is 35.2 Å². The number of pyridine rings is 1. The van der Waals surface area contributed by atoms with Crippen molar-refractivity contribution in [2.24, 2.45) is 17.4 Å². The monoisotopic (exact) mass is 443 g/mol. The molecule has 0 aliphatic heterocycles. The zero-order chi connectivity index (χ0) is 19.7. The van der Waals surface area contributed by atoms with Crippen molar-refractivity contribution in [3.63, 3.8) is 0 Å². The molecule has 0 bridgehead atoms. The summed E-state index contributed by atoms with van der Waals surface area (Å²) in [5.74, 6) is 0.276. The van der Waals surface area contributed by atoms with Crippen LogP contribution in [0.2, 0.25) is 0 Å². The molecule has 1 aliphatic carbocycles. The molecule has 0 radical (unpaired) electrons. The minimum Gasteiger partial charge on any atom is -0.366 e. The van der Waals surface area contributed by atoms with E-state index in [0.29, 0.717) is 6.54 Å². The molecule has 6 heteroatoms. The maximum atomic E-state index is 11.1. The summed E-state index contributed by atoms with van der Waals surface area (Å²) in [6.45, 7) is 2.54. The molecule has 1 amide bonds. The molecule has 2 aromatic carbocycles. The summed E-state index contributed by atoms with van der Waals surface area (Å²) in [6.07, 6.45) is 6.66. The van der Waals surface area contributed by atoms with Crippen molar-refractivity contribution in [3.8, 4) is 11.1 Å². The molecule has 0 spiro atoms. The number of nitrogens with two attached hydrogens (primary N) is 2. The van der Waals surface area contributed by atoms with Crippen LogP contribution in [0, 0.1) is 12.8 Å². The third-order valence-corrected chi connectivity index (χ3v) is 5.36. The second kappa shape index (κ2) is 10.1. The van der Waals surface area contributed by atoms with E-state index in [1.165, 1.54) is 24.5 Å². The average molecular weight is 444 g/mol. The topological polar surface area (TPSA) is 82.0 Å². The van der Waals surface area contributed by atoms with Gasteiger partial charge in [-0.05, 0) is 72.6 Å². The average Bonchev–Trinajstić information content (AvgIpc) is 3.50. The minimum atomic E-state index is -0.459. The number of nitrogens with zero attached hydrogens (tertiary/aromatic N) is 1. The molecule has 1 aromatic heterocycles. The Morgan fingerprint density at radius 3 is 2.43 bits per heavy atom. The molecule has 0 unspecified atom stereocenters. The van der Waals surface area contributed by atoms with E-state index in [1.54, 1.807) is 6.08 Å². The molecule has 3 aromatic rings. The van der Waals surface area contributed by atoms with Crippen LogP contribution in [0.3, 0.4) is 0 Å². The summed E-state index contributed by atoms with van der Waals surface area (Å²) in [6, 6.07) is 14.6. The molecule has 4 rings (SSSR count). The van der Waals surface area contributed by atoms with E-state index in [1.807, 2.05) is 12.1 Å². The van der Waals surface area contributed by atoms with Crippen LogP contribution in [0.4, 0.5) is 0 Å². The van der Waals surface area contributed by atoms with Crippen LogP contribution >= 0.6 is 24.8 Å². The zero-order valence-corrected chi connectivity index (χ0v) is 18.6. The summed E-state index contributed by atoms with van der Waals surface area (Å²) >= 11 is 0. The molecule has 0 saturated heterocycles. The SMILES string of the molecule is Cc1ccc(-c2c(CN)c(CC3CC3)nc3ccc(C=CC(N)=O)cc23)cc1.Cl.Cl. The Kier molecular flexibility index (Phi) is 8.02. The lowest BCUT2D eigenvalue weighted by atomic mass is 9.91. The van der Waals surface area contributed by atoms with Gasteiger partial charge in [0, 0.05) is 23.7 Å². The van der Waals surface area contributed by atoms with Crippen molar-refractivity contribution < 1.29 is 4.79 Å². The molecule has 30 heavy (non-hydrogen) atoms. The Hall–Kier alpha value is -2.40. The fourth-order valence-corrected chi connectivity index (χ4v) is 3.69. The van der Waals surface area contributed by atoms with Crippen LogP contribution in [-0.4, -0.2) is 10.9 Å². The normalized spacial score (nSPS) is 13.1. The minimum absolute atomic E-state index is 0. The number of carbonyl (C=O) groups is 1. The van der Waals surface area contributed by atoms with Gasteiger partial charge in [0.05, 0.1) is 5.52 Å². The van der Waals surface area contributed by atoms with Gasteiger partial charge in [-0.25, -0.2) is 0 Å². The van der Waals surface area contributed by atoms with Gasteiger partial charge in [0.25, 0.3) is 0 Å². The van der Waals surface area contributed by atoms with Gasteiger partial charge in [-0.15, -0.1) is 24.8 Å². The van der Waals surface area contributed by atoms with E-state index in [0.717, 1.165) is 51.2 Å². The van der Waals surface area contributed by atoms with Crippen molar-refractivity contribution in [2.75, 3.05) is 0 Å². The molecule has 1 aliphatic rings. The highest BCUT2D eigenvalue weighted by Gasteiger charge is 2.25. The Morgan fingerprint density at radius 2 is 1.83 bits per heavy atom. The molecule has 4 N–H and O–H groups in total. The van der Waals surface area contributed by atoms with Gasteiger partial charge in [-0.2, -0.15) is 0 Å². The first-order valence-electron chi connectivity index (χ1n) is 9.75. The Morgan fingerprint density at radius 1 is 1.13 bits per heavy atom. The van der Waals surface area contributed by atoms with Gasteiger partial charge in [0.2, 0.25) is 5.91 Å². The van der Waals surface area contributed by atoms with Gasteiger partial charge >= 0.3 is 0 Å². The zero-order valence-electron chi connectivity index (χ0n) is 16.9.